The number of urea groups is 1. The topological polar surface area (TPSA) is 52.6 Å². The summed E-state index contributed by atoms with van der Waals surface area (Å²) < 4.78 is 54.0. The molecule has 0 unspecified atom stereocenters. The Morgan fingerprint density at radius 1 is 1.00 bits per heavy atom. The lowest BCUT2D eigenvalue weighted by Crippen LogP contribution is -2.55. The first-order chi connectivity index (χ1) is 13.7. The molecule has 8 heteroatoms. The van der Waals surface area contributed by atoms with Crippen LogP contribution >= 0.6 is 0 Å². The molecular weight excluding hydrogens is 388 g/mol. The molecule has 0 spiro atoms. The van der Waals surface area contributed by atoms with Crippen LogP contribution in [0.4, 0.5) is 28.0 Å². The van der Waals surface area contributed by atoms with Crippen LogP contribution < -0.4 is 5.32 Å². The van der Waals surface area contributed by atoms with Crippen molar-refractivity contribution >= 4 is 11.7 Å². The van der Waals surface area contributed by atoms with E-state index in [-0.39, 0.29) is 42.6 Å². The molecule has 154 valence electrons. The number of carbonyl (C=O) groups excluding carboxylic acids is 1. The first kappa shape index (κ1) is 19.7. The van der Waals surface area contributed by atoms with E-state index in [0.717, 1.165) is 24.3 Å². The van der Waals surface area contributed by atoms with Gasteiger partial charge in [0.05, 0.1) is 11.3 Å². The molecule has 2 aliphatic heterocycles. The Morgan fingerprint density at radius 3 is 2.17 bits per heavy atom. The van der Waals surface area contributed by atoms with Crippen LogP contribution in [0.3, 0.4) is 0 Å². The van der Waals surface area contributed by atoms with E-state index in [4.69, 9.17) is 0 Å². The summed E-state index contributed by atoms with van der Waals surface area (Å²) in [5, 5.41) is 13.5. The van der Waals surface area contributed by atoms with Crippen LogP contribution in [0.5, 0.6) is 0 Å². The first-order valence-electron chi connectivity index (χ1n) is 9.45. The summed E-state index contributed by atoms with van der Waals surface area (Å²) in [6.07, 6.45) is 1.82. The van der Waals surface area contributed by atoms with Crippen LogP contribution in [0.1, 0.15) is 31.2 Å². The second-order valence-corrected chi connectivity index (χ2v) is 7.89. The zero-order valence-corrected chi connectivity index (χ0v) is 15.5. The van der Waals surface area contributed by atoms with Crippen molar-refractivity contribution in [2.75, 3.05) is 5.32 Å². The van der Waals surface area contributed by atoms with E-state index in [9.17, 15) is 27.5 Å². The molecule has 2 amide bonds. The first-order valence-corrected chi connectivity index (χ1v) is 9.45. The minimum absolute atomic E-state index is 0.0220. The predicted molar refractivity (Wildman–Crippen MR) is 98.3 cm³/mol. The molecule has 2 heterocycles. The smallest absolute Gasteiger partial charge is 0.322 e. The van der Waals surface area contributed by atoms with E-state index in [1.807, 2.05) is 0 Å². The third kappa shape index (κ3) is 3.94. The summed E-state index contributed by atoms with van der Waals surface area (Å²) in [5.74, 6) is -3.00. The van der Waals surface area contributed by atoms with E-state index in [0.29, 0.717) is 18.9 Å². The van der Waals surface area contributed by atoms with Crippen molar-refractivity contribution < 1.29 is 27.5 Å². The third-order valence-corrected chi connectivity index (χ3v) is 5.79. The van der Waals surface area contributed by atoms with Gasteiger partial charge in [-0.15, -0.1) is 0 Å². The lowest BCUT2D eigenvalue weighted by molar-refractivity contribution is -0.0372. The normalized spacial score (nSPS) is 25.9. The Hall–Kier alpha value is -2.61. The fourth-order valence-electron chi connectivity index (χ4n) is 4.59. The zero-order chi connectivity index (χ0) is 20.8. The maximum atomic E-state index is 14.0. The summed E-state index contributed by atoms with van der Waals surface area (Å²) >= 11 is 0. The van der Waals surface area contributed by atoms with Gasteiger partial charge in [0, 0.05) is 30.6 Å². The quantitative estimate of drug-likeness (QED) is 0.741. The molecule has 2 bridgehead atoms. The van der Waals surface area contributed by atoms with Crippen LogP contribution in [-0.4, -0.2) is 33.7 Å². The van der Waals surface area contributed by atoms with Gasteiger partial charge in [-0.1, -0.05) is 6.07 Å². The van der Waals surface area contributed by atoms with Crippen LogP contribution in [0.15, 0.2) is 36.4 Å². The van der Waals surface area contributed by atoms with E-state index in [1.165, 1.54) is 6.07 Å². The van der Waals surface area contributed by atoms with Gasteiger partial charge in [0.15, 0.2) is 0 Å². The number of hydrogen-bond acceptors (Lipinski definition) is 2. The van der Waals surface area contributed by atoms with Crippen molar-refractivity contribution in [3.63, 3.8) is 0 Å². The Bertz CT molecular complexity index is 938. The number of aliphatic hydroxyl groups is 1. The molecule has 2 aliphatic rings. The molecule has 29 heavy (non-hydrogen) atoms. The summed E-state index contributed by atoms with van der Waals surface area (Å²) in [6, 6.07) is 5.07. The average molecular weight is 408 g/mol. The molecule has 2 fully saturated rings. The number of fused-ring (bicyclic) bond motifs is 2. The fourth-order valence-corrected chi connectivity index (χ4v) is 4.59. The molecule has 2 saturated heterocycles. The van der Waals surface area contributed by atoms with Crippen molar-refractivity contribution in [2.45, 2.75) is 49.8 Å². The van der Waals surface area contributed by atoms with Gasteiger partial charge in [0.2, 0.25) is 0 Å². The van der Waals surface area contributed by atoms with Gasteiger partial charge in [-0.2, -0.15) is 0 Å². The number of amides is 2. The molecule has 0 aromatic heterocycles. The lowest BCUT2D eigenvalue weighted by Gasteiger charge is -2.43. The monoisotopic (exact) mass is 408 g/mol. The number of nitrogens with zero attached hydrogens (tertiary/aromatic N) is 1. The molecule has 2 aromatic rings. The zero-order valence-electron chi connectivity index (χ0n) is 15.5. The fraction of sp³-hybridized carbons (Fsp3) is 0.381. The number of carbonyl (C=O) groups is 1. The Kier molecular flexibility index (Phi) is 4.98. The lowest BCUT2D eigenvalue weighted by atomic mass is 9.81. The number of nitrogens with one attached hydrogen (secondary N) is 1. The Morgan fingerprint density at radius 2 is 1.59 bits per heavy atom. The molecular formula is C21H20F4N2O2. The minimum Gasteiger partial charge on any atom is -0.389 e. The van der Waals surface area contributed by atoms with Crippen LogP contribution in [0.25, 0.3) is 0 Å². The van der Waals surface area contributed by atoms with Gasteiger partial charge < -0.3 is 15.3 Å². The second-order valence-electron chi connectivity index (χ2n) is 7.89. The number of anilines is 1. The van der Waals surface area contributed by atoms with Gasteiger partial charge in [-0.25, -0.2) is 22.4 Å². The number of halogens is 4. The van der Waals surface area contributed by atoms with Gasteiger partial charge in [0.1, 0.15) is 23.3 Å². The molecule has 4 nitrogen and oxygen atoms in total. The highest BCUT2D eigenvalue weighted by Gasteiger charge is 2.49. The molecule has 4 rings (SSSR count). The summed E-state index contributed by atoms with van der Waals surface area (Å²) in [4.78, 5) is 14.3. The molecule has 2 aromatic carbocycles. The van der Waals surface area contributed by atoms with Crippen molar-refractivity contribution in [2.24, 2.45) is 0 Å². The Labute approximate surface area is 165 Å². The van der Waals surface area contributed by atoms with Gasteiger partial charge in [0.25, 0.3) is 0 Å². The highest BCUT2D eigenvalue weighted by molar-refractivity contribution is 5.90. The van der Waals surface area contributed by atoms with E-state index < -0.39 is 34.9 Å². The molecule has 0 saturated carbocycles. The van der Waals surface area contributed by atoms with Crippen molar-refractivity contribution in [1.29, 1.82) is 0 Å². The summed E-state index contributed by atoms with van der Waals surface area (Å²) in [7, 11) is 0. The number of piperidine rings is 1. The standard InChI is InChI=1S/C21H20F4N2O2/c22-13-2-1-12(17(24)7-13)9-21(29)10-15-4-5-16(11-21)27(15)20(28)26-19-6-3-14(23)8-18(19)25/h1-3,6-8,15-16,29H,4-5,9-11H2,(H,26,28)/t15-,16-/m0/s1. The van der Waals surface area contributed by atoms with Crippen LogP contribution in [-0.2, 0) is 6.42 Å². The van der Waals surface area contributed by atoms with Gasteiger partial charge in [-0.05, 0) is 49.4 Å². The molecule has 0 aliphatic carbocycles. The molecule has 2 atom stereocenters. The van der Waals surface area contributed by atoms with Gasteiger partial charge in [-0.3, -0.25) is 0 Å². The minimum atomic E-state index is -1.22. The number of rotatable bonds is 3. The van der Waals surface area contributed by atoms with Gasteiger partial charge >= 0.3 is 6.03 Å². The largest absolute Gasteiger partial charge is 0.389 e. The highest BCUT2D eigenvalue weighted by atomic mass is 19.1. The van der Waals surface area contributed by atoms with Crippen molar-refractivity contribution in [3.05, 3.63) is 65.2 Å². The van der Waals surface area contributed by atoms with Crippen molar-refractivity contribution in [3.8, 4) is 0 Å². The summed E-state index contributed by atoms with van der Waals surface area (Å²) in [5.41, 5.74) is -1.12. The molecule has 2 N–H and O–H groups in total. The third-order valence-electron chi connectivity index (χ3n) is 5.79. The highest BCUT2D eigenvalue weighted by Crippen LogP contribution is 2.42. The molecule has 0 radical (unpaired) electrons. The maximum Gasteiger partial charge on any atom is 0.322 e. The Balaban J connectivity index is 1.47. The van der Waals surface area contributed by atoms with E-state index in [2.05, 4.69) is 5.32 Å². The maximum absolute atomic E-state index is 14.0. The van der Waals surface area contributed by atoms with Crippen LogP contribution in [0, 0.1) is 23.3 Å². The van der Waals surface area contributed by atoms with E-state index in [1.54, 1.807) is 4.90 Å². The van der Waals surface area contributed by atoms with E-state index >= 15 is 0 Å². The number of benzene rings is 2. The van der Waals surface area contributed by atoms with Crippen molar-refractivity contribution in [1.82, 2.24) is 4.90 Å². The van der Waals surface area contributed by atoms with Crippen LogP contribution in [0.2, 0.25) is 0 Å². The predicted octanol–water partition coefficient (Wildman–Crippen LogP) is 4.38. The number of hydrogen-bond donors (Lipinski definition) is 2. The average Bonchev–Trinajstić information content (AvgIpc) is 2.92. The second kappa shape index (κ2) is 7.33. The summed E-state index contributed by atoms with van der Waals surface area (Å²) in [6.45, 7) is 0. The SMILES string of the molecule is O=C(Nc1ccc(F)cc1F)N1[C@H]2CC[C@H]1CC(O)(Cc1ccc(F)cc1F)C2.